The number of sulfonamides is 1. The summed E-state index contributed by atoms with van der Waals surface area (Å²) in [5, 5.41) is 2.94. The van der Waals surface area contributed by atoms with Gasteiger partial charge < -0.3 is 15.0 Å². The number of ether oxygens (including phenoxy) is 1. The van der Waals surface area contributed by atoms with Crippen LogP contribution in [0.15, 0.2) is 77.7 Å². The maximum Gasteiger partial charge on any atom is 0.264 e. The number of nitrogens with one attached hydrogen (secondary N) is 1. The van der Waals surface area contributed by atoms with Crippen LogP contribution in [0.2, 0.25) is 0 Å². The van der Waals surface area contributed by atoms with Crippen molar-refractivity contribution >= 4 is 27.5 Å². The summed E-state index contributed by atoms with van der Waals surface area (Å²) >= 11 is 0. The van der Waals surface area contributed by atoms with Gasteiger partial charge in [-0.3, -0.25) is 13.9 Å². The molecule has 41 heavy (non-hydrogen) atoms. The molecule has 0 bridgehead atoms. The molecule has 1 atom stereocenters. The number of para-hydroxylation sites is 2. The Labute approximate surface area is 244 Å². The molecule has 0 aliphatic carbocycles. The molecule has 3 rings (SSSR count). The van der Waals surface area contributed by atoms with Crippen LogP contribution in [0.3, 0.4) is 0 Å². The first-order chi connectivity index (χ1) is 19.2. The fourth-order valence-corrected chi connectivity index (χ4v) is 5.66. The molecule has 3 aromatic rings. The summed E-state index contributed by atoms with van der Waals surface area (Å²) in [6.07, 6.45) is 0. The fourth-order valence-electron chi connectivity index (χ4n) is 4.24. The summed E-state index contributed by atoms with van der Waals surface area (Å²) in [6.45, 7) is 12.8. The van der Waals surface area contributed by atoms with E-state index in [4.69, 9.17) is 4.74 Å². The van der Waals surface area contributed by atoms with Gasteiger partial charge in [-0.25, -0.2) is 8.42 Å². The lowest BCUT2D eigenvalue weighted by atomic mass is 10.1. The minimum atomic E-state index is -4.19. The molecule has 0 saturated heterocycles. The van der Waals surface area contributed by atoms with E-state index in [0.717, 1.165) is 21.0 Å². The zero-order valence-electron chi connectivity index (χ0n) is 25.0. The molecule has 0 aliphatic heterocycles. The molecule has 0 unspecified atom stereocenters. The van der Waals surface area contributed by atoms with Crippen molar-refractivity contribution in [2.24, 2.45) is 0 Å². The van der Waals surface area contributed by atoms with Crippen molar-refractivity contribution in [1.29, 1.82) is 0 Å². The Hall–Kier alpha value is -3.85. The minimum absolute atomic E-state index is 0.0470. The summed E-state index contributed by atoms with van der Waals surface area (Å²) in [5.41, 5.74) is 2.52. The van der Waals surface area contributed by atoms with E-state index in [2.05, 4.69) is 5.32 Å². The topological polar surface area (TPSA) is 96.0 Å². The van der Waals surface area contributed by atoms with E-state index >= 15 is 0 Å². The number of anilines is 1. The lowest BCUT2D eigenvalue weighted by Gasteiger charge is -2.33. The average Bonchev–Trinajstić information content (AvgIpc) is 2.91. The molecule has 0 aliphatic rings. The third-order valence-corrected chi connectivity index (χ3v) is 8.23. The van der Waals surface area contributed by atoms with Crippen molar-refractivity contribution < 1.29 is 22.7 Å². The van der Waals surface area contributed by atoms with Crippen LogP contribution in [0.5, 0.6) is 5.75 Å². The zero-order valence-corrected chi connectivity index (χ0v) is 25.8. The smallest absolute Gasteiger partial charge is 0.264 e. The molecule has 8 nitrogen and oxygen atoms in total. The Morgan fingerprint density at radius 2 is 1.46 bits per heavy atom. The molecule has 0 spiro atoms. The number of carbonyl (C=O) groups excluding carboxylic acids is 2. The van der Waals surface area contributed by atoms with E-state index < -0.39 is 34.1 Å². The van der Waals surface area contributed by atoms with E-state index in [-0.39, 0.29) is 23.0 Å². The van der Waals surface area contributed by atoms with Gasteiger partial charge in [0.15, 0.2) is 0 Å². The second-order valence-electron chi connectivity index (χ2n) is 11.1. The van der Waals surface area contributed by atoms with Gasteiger partial charge in [-0.2, -0.15) is 0 Å². The quantitative estimate of drug-likeness (QED) is 0.336. The molecule has 9 heteroatoms. The lowest BCUT2D eigenvalue weighted by Crippen LogP contribution is -2.54. The largest absolute Gasteiger partial charge is 0.492 e. The molecule has 2 amide bonds. The van der Waals surface area contributed by atoms with Crippen LogP contribution in [0.25, 0.3) is 0 Å². The van der Waals surface area contributed by atoms with E-state index in [9.17, 15) is 18.0 Å². The van der Waals surface area contributed by atoms with Gasteiger partial charge in [-0.15, -0.1) is 0 Å². The first-order valence-corrected chi connectivity index (χ1v) is 15.1. The molecule has 3 aromatic carbocycles. The van der Waals surface area contributed by atoms with Crippen LogP contribution in [0.4, 0.5) is 5.69 Å². The van der Waals surface area contributed by atoms with Crippen molar-refractivity contribution in [3.63, 3.8) is 0 Å². The molecule has 1 N–H and O–H groups in total. The van der Waals surface area contributed by atoms with Crippen LogP contribution in [0, 0.1) is 13.8 Å². The van der Waals surface area contributed by atoms with Gasteiger partial charge in [-0.1, -0.05) is 59.7 Å². The summed E-state index contributed by atoms with van der Waals surface area (Å²) in [5.74, 6) is -0.521. The molecular formula is C32H41N3O5S. The molecule has 0 radical (unpaired) electrons. The van der Waals surface area contributed by atoms with Crippen LogP contribution in [0.1, 0.15) is 51.3 Å². The highest BCUT2D eigenvalue weighted by Gasteiger charge is 2.34. The number of benzene rings is 3. The second-order valence-corrected chi connectivity index (χ2v) is 13.0. The highest BCUT2D eigenvalue weighted by Crippen LogP contribution is 2.33. The maximum absolute atomic E-state index is 14.1. The van der Waals surface area contributed by atoms with Crippen LogP contribution >= 0.6 is 0 Å². The predicted octanol–water partition coefficient (Wildman–Crippen LogP) is 5.23. The summed E-state index contributed by atoms with van der Waals surface area (Å²) in [7, 11) is -4.19. The number of hydrogen-bond donors (Lipinski definition) is 1. The number of carbonyl (C=O) groups is 2. The Kier molecular flexibility index (Phi) is 10.2. The number of hydrogen-bond acceptors (Lipinski definition) is 5. The fraction of sp³-hybridized carbons (Fsp3) is 0.375. The Balaban J connectivity index is 2.08. The van der Waals surface area contributed by atoms with Crippen molar-refractivity contribution in [3.8, 4) is 5.75 Å². The van der Waals surface area contributed by atoms with Crippen molar-refractivity contribution in [1.82, 2.24) is 10.2 Å². The van der Waals surface area contributed by atoms with Gasteiger partial charge >= 0.3 is 0 Å². The summed E-state index contributed by atoms with van der Waals surface area (Å²) in [6, 6.07) is 20.0. The maximum atomic E-state index is 14.1. The molecular weight excluding hydrogens is 538 g/mol. The van der Waals surface area contributed by atoms with Crippen molar-refractivity contribution in [2.45, 2.75) is 71.5 Å². The molecule has 0 fully saturated rings. The molecule has 0 heterocycles. The first-order valence-electron chi connectivity index (χ1n) is 13.7. The number of aryl methyl sites for hydroxylation is 2. The Morgan fingerprint density at radius 1 is 0.902 bits per heavy atom. The van der Waals surface area contributed by atoms with Gasteiger partial charge in [0.25, 0.3) is 10.0 Å². The van der Waals surface area contributed by atoms with E-state index in [1.54, 1.807) is 50.2 Å². The number of amides is 2. The Morgan fingerprint density at radius 3 is 2.02 bits per heavy atom. The van der Waals surface area contributed by atoms with Gasteiger partial charge in [0.05, 0.1) is 17.2 Å². The van der Waals surface area contributed by atoms with Gasteiger partial charge in [0.1, 0.15) is 18.3 Å². The SMILES string of the molecule is CCOc1ccccc1N(CC(=O)N(Cc1ccc(C)cc1)[C@H](C)C(=O)NC(C)(C)C)S(=O)(=O)c1ccc(C)cc1. The van der Waals surface area contributed by atoms with E-state index in [1.165, 1.54) is 17.0 Å². The third kappa shape index (κ3) is 8.33. The van der Waals surface area contributed by atoms with Crippen LogP contribution < -0.4 is 14.4 Å². The van der Waals surface area contributed by atoms with E-state index in [1.807, 2.05) is 58.9 Å². The molecule has 0 aromatic heterocycles. The van der Waals surface area contributed by atoms with Crippen LogP contribution in [-0.2, 0) is 26.2 Å². The zero-order chi connectivity index (χ0) is 30.4. The van der Waals surface area contributed by atoms with Gasteiger partial charge in [0.2, 0.25) is 11.8 Å². The molecule has 220 valence electrons. The summed E-state index contributed by atoms with van der Waals surface area (Å²) in [4.78, 5) is 28.8. The standard InChI is InChI=1S/C32H41N3O5S/c1-8-40-29-12-10-9-11-28(29)35(41(38,39)27-19-15-24(3)16-20-27)22-30(36)34(21-26-17-13-23(2)14-18-26)25(4)31(37)33-32(5,6)7/h9-20,25H,8,21-22H2,1-7H3,(H,33,37)/t25-/m1/s1. The van der Waals surface area contributed by atoms with Gasteiger partial charge in [-0.05, 0) is 78.3 Å². The molecule has 0 saturated carbocycles. The number of rotatable bonds is 11. The lowest BCUT2D eigenvalue weighted by molar-refractivity contribution is -0.140. The van der Waals surface area contributed by atoms with Crippen molar-refractivity contribution in [3.05, 3.63) is 89.5 Å². The second kappa shape index (κ2) is 13.2. The number of nitrogens with zero attached hydrogens (tertiary/aromatic N) is 2. The van der Waals surface area contributed by atoms with Gasteiger partial charge in [0, 0.05) is 12.1 Å². The van der Waals surface area contributed by atoms with E-state index in [0.29, 0.717) is 12.4 Å². The average molecular weight is 580 g/mol. The normalized spacial score (nSPS) is 12.4. The highest BCUT2D eigenvalue weighted by molar-refractivity contribution is 7.92. The predicted molar refractivity (Wildman–Crippen MR) is 162 cm³/mol. The van der Waals surface area contributed by atoms with Crippen molar-refractivity contribution in [2.75, 3.05) is 17.5 Å². The first kappa shape index (κ1) is 31.7. The minimum Gasteiger partial charge on any atom is -0.492 e. The highest BCUT2D eigenvalue weighted by atomic mass is 32.2. The van der Waals surface area contributed by atoms with Crippen LogP contribution in [-0.4, -0.2) is 49.9 Å². The monoisotopic (exact) mass is 579 g/mol. The summed E-state index contributed by atoms with van der Waals surface area (Å²) < 4.78 is 35.0. The Bertz CT molecular complexity index is 1450. The third-order valence-electron chi connectivity index (χ3n) is 6.46.